The predicted octanol–water partition coefficient (Wildman–Crippen LogP) is 0.0859. The molecule has 4 heteroatoms. The lowest BCUT2D eigenvalue weighted by Crippen LogP contribution is -2.57. The van der Waals surface area contributed by atoms with E-state index in [1.807, 2.05) is 6.92 Å². The van der Waals surface area contributed by atoms with Gasteiger partial charge in [0.15, 0.2) is 0 Å². The first-order valence-electron chi connectivity index (χ1n) is 3.38. The first-order valence-corrected chi connectivity index (χ1v) is 3.38. The molecule has 10 heavy (non-hydrogen) atoms. The van der Waals surface area contributed by atoms with E-state index < -0.39 is 6.09 Å². The molecule has 0 saturated carbocycles. The standard InChI is InChI=1S/C6H12N2O2/c1-4(7)5-2-3-8(5)6(9)10/h4-5H,2-3,7H2,1H3,(H,9,10)/t4?,5-/m0/s1. The Morgan fingerprint density at radius 2 is 2.50 bits per heavy atom. The van der Waals surface area contributed by atoms with Crippen LogP contribution < -0.4 is 5.73 Å². The summed E-state index contributed by atoms with van der Waals surface area (Å²) in [5.41, 5.74) is 5.52. The molecule has 0 aromatic carbocycles. The van der Waals surface area contributed by atoms with Crippen LogP contribution in [0, 0.1) is 0 Å². The number of hydrogen-bond acceptors (Lipinski definition) is 2. The van der Waals surface area contributed by atoms with Crippen molar-refractivity contribution in [2.24, 2.45) is 5.73 Å². The third-order valence-corrected chi connectivity index (χ3v) is 1.92. The van der Waals surface area contributed by atoms with E-state index in [2.05, 4.69) is 0 Å². The summed E-state index contributed by atoms with van der Waals surface area (Å²) in [6, 6.07) is 0.0161. The fraction of sp³-hybridized carbons (Fsp3) is 0.833. The Morgan fingerprint density at radius 3 is 2.60 bits per heavy atom. The van der Waals surface area contributed by atoms with Crippen molar-refractivity contribution in [3.05, 3.63) is 0 Å². The maximum absolute atomic E-state index is 10.4. The molecular weight excluding hydrogens is 132 g/mol. The van der Waals surface area contributed by atoms with E-state index in [1.54, 1.807) is 0 Å². The summed E-state index contributed by atoms with van der Waals surface area (Å²) in [5.74, 6) is 0. The maximum atomic E-state index is 10.4. The number of amides is 1. The van der Waals surface area contributed by atoms with Gasteiger partial charge >= 0.3 is 6.09 Å². The largest absolute Gasteiger partial charge is 0.465 e. The Labute approximate surface area is 59.6 Å². The third kappa shape index (κ3) is 1.07. The molecule has 58 valence electrons. The van der Waals surface area contributed by atoms with E-state index in [0.29, 0.717) is 6.54 Å². The number of carbonyl (C=O) groups is 1. The van der Waals surface area contributed by atoms with Crippen molar-refractivity contribution >= 4 is 6.09 Å². The van der Waals surface area contributed by atoms with Gasteiger partial charge in [-0.2, -0.15) is 0 Å². The Balaban J connectivity index is 2.43. The summed E-state index contributed by atoms with van der Waals surface area (Å²) in [6.45, 7) is 2.47. The lowest BCUT2D eigenvalue weighted by atomic mass is 9.98. The van der Waals surface area contributed by atoms with Crippen molar-refractivity contribution in [3.8, 4) is 0 Å². The summed E-state index contributed by atoms with van der Waals surface area (Å²) in [6.07, 6.45) is 0.0535. The van der Waals surface area contributed by atoms with E-state index in [4.69, 9.17) is 10.8 Å². The summed E-state index contributed by atoms with van der Waals surface area (Å²) in [5, 5.41) is 8.52. The second-order valence-corrected chi connectivity index (χ2v) is 2.69. The van der Waals surface area contributed by atoms with Gasteiger partial charge in [0.1, 0.15) is 0 Å². The van der Waals surface area contributed by atoms with Crippen LogP contribution in [0.4, 0.5) is 4.79 Å². The molecule has 1 aliphatic heterocycles. The van der Waals surface area contributed by atoms with Crippen LogP contribution in [0.15, 0.2) is 0 Å². The van der Waals surface area contributed by atoms with Crippen LogP contribution in [-0.4, -0.2) is 34.7 Å². The highest BCUT2D eigenvalue weighted by Gasteiger charge is 2.34. The molecule has 0 aromatic heterocycles. The Hall–Kier alpha value is -0.770. The molecule has 1 unspecified atom stereocenters. The highest BCUT2D eigenvalue weighted by molar-refractivity contribution is 5.66. The number of nitrogens with two attached hydrogens (primary N) is 1. The minimum Gasteiger partial charge on any atom is -0.465 e. The molecule has 4 nitrogen and oxygen atoms in total. The zero-order chi connectivity index (χ0) is 7.72. The van der Waals surface area contributed by atoms with Gasteiger partial charge in [-0.25, -0.2) is 4.79 Å². The highest BCUT2D eigenvalue weighted by Crippen LogP contribution is 2.18. The minimum absolute atomic E-state index is 0.0372. The van der Waals surface area contributed by atoms with E-state index >= 15 is 0 Å². The first kappa shape index (κ1) is 7.34. The van der Waals surface area contributed by atoms with Crippen molar-refractivity contribution < 1.29 is 9.90 Å². The van der Waals surface area contributed by atoms with Crippen LogP contribution in [0.3, 0.4) is 0 Å². The SMILES string of the molecule is CC(N)[C@@H]1CCN1C(=O)O. The van der Waals surface area contributed by atoms with Crippen LogP contribution in [0.1, 0.15) is 13.3 Å². The van der Waals surface area contributed by atoms with Gasteiger partial charge < -0.3 is 15.7 Å². The second-order valence-electron chi connectivity index (χ2n) is 2.69. The van der Waals surface area contributed by atoms with Gasteiger partial charge in [0, 0.05) is 12.6 Å². The number of nitrogens with zero attached hydrogens (tertiary/aromatic N) is 1. The van der Waals surface area contributed by atoms with Crippen molar-refractivity contribution in [3.63, 3.8) is 0 Å². The van der Waals surface area contributed by atoms with Crippen molar-refractivity contribution in [2.75, 3.05) is 6.54 Å². The van der Waals surface area contributed by atoms with E-state index in [9.17, 15) is 4.79 Å². The number of hydrogen-bond donors (Lipinski definition) is 2. The summed E-state index contributed by atoms with van der Waals surface area (Å²) in [7, 11) is 0. The number of rotatable bonds is 1. The minimum atomic E-state index is -0.853. The molecule has 1 fully saturated rings. The quantitative estimate of drug-likeness (QED) is 0.548. The Kier molecular flexibility index (Phi) is 1.80. The fourth-order valence-electron chi connectivity index (χ4n) is 1.19. The average molecular weight is 144 g/mol. The Morgan fingerprint density at radius 1 is 1.90 bits per heavy atom. The first-order chi connectivity index (χ1) is 4.63. The topological polar surface area (TPSA) is 66.6 Å². The lowest BCUT2D eigenvalue weighted by molar-refractivity contribution is 0.0659. The molecule has 1 aliphatic rings. The van der Waals surface area contributed by atoms with Crippen molar-refractivity contribution in [1.29, 1.82) is 0 Å². The highest BCUT2D eigenvalue weighted by atomic mass is 16.4. The number of carboxylic acid groups (broad SMARTS) is 1. The van der Waals surface area contributed by atoms with Gasteiger partial charge in [0.2, 0.25) is 0 Å². The maximum Gasteiger partial charge on any atom is 0.407 e. The van der Waals surface area contributed by atoms with Gasteiger partial charge in [-0.05, 0) is 13.3 Å². The van der Waals surface area contributed by atoms with Crippen LogP contribution in [0.2, 0.25) is 0 Å². The van der Waals surface area contributed by atoms with Gasteiger partial charge in [0.25, 0.3) is 0 Å². The molecule has 0 aliphatic carbocycles. The second kappa shape index (κ2) is 2.46. The van der Waals surface area contributed by atoms with Gasteiger partial charge in [0.05, 0.1) is 6.04 Å². The molecule has 1 saturated heterocycles. The molecular formula is C6H12N2O2. The van der Waals surface area contributed by atoms with E-state index in [-0.39, 0.29) is 12.1 Å². The molecule has 0 radical (unpaired) electrons. The lowest BCUT2D eigenvalue weighted by Gasteiger charge is -2.41. The zero-order valence-electron chi connectivity index (χ0n) is 5.95. The van der Waals surface area contributed by atoms with Crippen LogP contribution in [-0.2, 0) is 0 Å². The monoisotopic (exact) mass is 144 g/mol. The summed E-state index contributed by atoms with van der Waals surface area (Å²) < 4.78 is 0. The molecule has 2 atom stereocenters. The van der Waals surface area contributed by atoms with Crippen LogP contribution in [0.5, 0.6) is 0 Å². The smallest absolute Gasteiger partial charge is 0.407 e. The molecule has 1 amide bonds. The van der Waals surface area contributed by atoms with Crippen LogP contribution in [0.25, 0.3) is 0 Å². The van der Waals surface area contributed by atoms with Crippen molar-refractivity contribution in [2.45, 2.75) is 25.4 Å². The molecule has 0 spiro atoms. The van der Waals surface area contributed by atoms with Crippen LogP contribution >= 0.6 is 0 Å². The zero-order valence-corrected chi connectivity index (χ0v) is 5.95. The van der Waals surface area contributed by atoms with Gasteiger partial charge in [-0.3, -0.25) is 0 Å². The molecule has 0 bridgehead atoms. The predicted molar refractivity (Wildman–Crippen MR) is 36.8 cm³/mol. The molecule has 1 heterocycles. The molecule has 0 aromatic rings. The summed E-state index contributed by atoms with van der Waals surface area (Å²) in [4.78, 5) is 11.7. The third-order valence-electron chi connectivity index (χ3n) is 1.92. The summed E-state index contributed by atoms with van der Waals surface area (Å²) >= 11 is 0. The van der Waals surface area contributed by atoms with Gasteiger partial charge in [-0.15, -0.1) is 0 Å². The van der Waals surface area contributed by atoms with Gasteiger partial charge in [-0.1, -0.05) is 0 Å². The Bertz CT molecular complexity index is 147. The average Bonchev–Trinajstić information content (AvgIpc) is 1.56. The van der Waals surface area contributed by atoms with E-state index in [0.717, 1.165) is 6.42 Å². The molecule has 1 rings (SSSR count). The fourth-order valence-corrected chi connectivity index (χ4v) is 1.19. The van der Waals surface area contributed by atoms with Crippen molar-refractivity contribution in [1.82, 2.24) is 4.90 Å². The number of likely N-dealkylation sites (tertiary alicyclic amines) is 1. The van der Waals surface area contributed by atoms with E-state index in [1.165, 1.54) is 4.90 Å². The molecule has 3 N–H and O–H groups in total. The normalized spacial score (nSPS) is 27.4.